The minimum Gasteiger partial charge on any atom is -0.416 e. The van der Waals surface area contributed by atoms with E-state index in [1.807, 2.05) is 0 Å². The van der Waals surface area contributed by atoms with Crippen LogP contribution >= 0.6 is 0 Å². The second kappa shape index (κ2) is 12.6. The minimum absolute atomic E-state index is 0.714. The van der Waals surface area contributed by atoms with Gasteiger partial charge in [0.05, 0.1) is 0 Å². The van der Waals surface area contributed by atoms with Gasteiger partial charge in [0.1, 0.15) is 0 Å². The van der Waals surface area contributed by atoms with E-state index < -0.39 is 8.32 Å². The van der Waals surface area contributed by atoms with Crippen molar-refractivity contribution >= 4 is 8.32 Å². The van der Waals surface area contributed by atoms with Crippen molar-refractivity contribution in [3.63, 3.8) is 0 Å². The third kappa shape index (κ3) is 7.63. The van der Waals surface area contributed by atoms with Gasteiger partial charge in [-0.25, -0.2) is 0 Å². The Labute approximate surface area is 142 Å². The van der Waals surface area contributed by atoms with Crippen LogP contribution in [0.4, 0.5) is 0 Å². The smallest absolute Gasteiger partial charge is 0.200 e. The van der Waals surface area contributed by atoms with E-state index in [-0.39, 0.29) is 0 Å². The van der Waals surface area contributed by atoms with Crippen LogP contribution in [0.15, 0.2) is 0 Å². The van der Waals surface area contributed by atoms with Crippen molar-refractivity contribution in [3.8, 4) is 0 Å². The summed E-state index contributed by atoms with van der Waals surface area (Å²) in [4.78, 5) is 0. The molecule has 0 spiro atoms. The Morgan fingerprint density at radius 1 is 0.591 bits per heavy atom. The van der Waals surface area contributed by atoms with Gasteiger partial charge < -0.3 is 4.43 Å². The maximum Gasteiger partial charge on any atom is 0.200 e. The van der Waals surface area contributed by atoms with Gasteiger partial charge >= 0.3 is 0 Å². The van der Waals surface area contributed by atoms with Gasteiger partial charge in [-0.2, -0.15) is 0 Å². The van der Waals surface area contributed by atoms with Crippen molar-refractivity contribution in [3.05, 3.63) is 0 Å². The van der Waals surface area contributed by atoms with E-state index in [2.05, 4.69) is 48.5 Å². The number of hydrogen-bond acceptors (Lipinski definition) is 1. The van der Waals surface area contributed by atoms with E-state index in [1.54, 1.807) is 0 Å². The zero-order valence-corrected chi connectivity index (χ0v) is 17.7. The van der Waals surface area contributed by atoms with Gasteiger partial charge in [-0.05, 0) is 23.0 Å². The van der Waals surface area contributed by atoms with Crippen molar-refractivity contribution in [2.24, 2.45) is 0 Å². The van der Waals surface area contributed by atoms with E-state index in [1.165, 1.54) is 57.8 Å². The Morgan fingerprint density at radius 3 is 1.32 bits per heavy atom. The molecule has 0 aliphatic rings. The van der Waals surface area contributed by atoms with Gasteiger partial charge in [0.25, 0.3) is 0 Å². The molecule has 0 aliphatic carbocycles. The van der Waals surface area contributed by atoms with Crippen molar-refractivity contribution < 1.29 is 4.43 Å². The van der Waals surface area contributed by atoms with Crippen LogP contribution in [0.25, 0.3) is 0 Å². The van der Waals surface area contributed by atoms with E-state index in [0.29, 0.717) is 16.6 Å². The minimum atomic E-state index is -1.62. The maximum atomic E-state index is 6.61. The van der Waals surface area contributed by atoms with Crippen LogP contribution in [0, 0.1) is 0 Å². The molecule has 0 atom stereocenters. The summed E-state index contributed by atoms with van der Waals surface area (Å²) in [6, 6.07) is 0. The molecule has 0 aliphatic heterocycles. The summed E-state index contributed by atoms with van der Waals surface area (Å²) in [5.74, 6) is 0. The Balaban J connectivity index is 3.87. The van der Waals surface area contributed by atoms with Crippen molar-refractivity contribution in [1.82, 2.24) is 0 Å². The van der Waals surface area contributed by atoms with Gasteiger partial charge in [-0.3, -0.25) is 0 Å². The molecule has 0 fully saturated rings. The Hall–Kier alpha value is 0.177. The third-order valence-electron chi connectivity index (χ3n) is 5.31. The molecule has 0 aromatic rings. The first kappa shape index (κ1) is 22.2. The molecule has 134 valence electrons. The standard InChI is InChI=1S/C20H44OSi/c1-8-9-10-11-12-13-14-15-16-17-21-22(18(2)3,19(4)5)20(6)7/h18-20H,8-17H2,1-7H3. The number of rotatable bonds is 14. The number of unbranched alkanes of at least 4 members (excludes halogenated alkanes) is 8. The van der Waals surface area contributed by atoms with Gasteiger partial charge in [-0.15, -0.1) is 0 Å². The quantitative estimate of drug-likeness (QED) is 0.234. The summed E-state index contributed by atoms with van der Waals surface area (Å²) in [6.07, 6.45) is 12.5. The summed E-state index contributed by atoms with van der Waals surface area (Å²) in [6.45, 7) is 17.5. The van der Waals surface area contributed by atoms with Crippen LogP contribution in [0.2, 0.25) is 16.6 Å². The molecule has 0 amide bonds. The zero-order valence-electron chi connectivity index (χ0n) is 16.7. The molecule has 22 heavy (non-hydrogen) atoms. The van der Waals surface area contributed by atoms with E-state index in [0.717, 1.165) is 6.61 Å². The monoisotopic (exact) mass is 328 g/mol. The predicted molar refractivity (Wildman–Crippen MR) is 104 cm³/mol. The van der Waals surface area contributed by atoms with Crippen molar-refractivity contribution in [2.45, 2.75) is 123 Å². The SMILES string of the molecule is CCCCCCCCCCCO[Si](C(C)C)(C(C)C)C(C)C. The lowest BCUT2D eigenvalue weighted by molar-refractivity contribution is 0.267. The Bertz CT molecular complexity index is 226. The Morgan fingerprint density at radius 2 is 0.955 bits per heavy atom. The largest absolute Gasteiger partial charge is 0.416 e. The molecule has 0 N–H and O–H groups in total. The van der Waals surface area contributed by atoms with Gasteiger partial charge in [0.2, 0.25) is 0 Å². The van der Waals surface area contributed by atoms with Crippen LogP contribution < -0.4 is 0 Å². The van der Waals surface area contributed by atoms with Crippen LogP contribution in [0.3, 0.4) is 0 Å². The summed E-state index contributed by atoms with van der Waals surface area (Å²) < 4.78 is 6.61. The molecule has 0 radical (unpaired) electrons. The molecule has 0 aromatic carbocycles. The summed E-state index contributed by atoms with van der Waals surface area (Å²) in [5.41, 5.74) is 2.14. The highest BCUT2D eigenvalue weighted by atomic mass is 28.4. The van der Waals surface area contributed by atoms with Crippen LogP contribution in [0.1, 0.15) is 106 Å². The molecule has 2 heteroatoms. The van der Waals surface area contributed by atoms with Crippen LogP contribution in [-0.2, 0) is 4.43 Å². The average Bonchev–Trinajstić information content (AvgIpc) is 2.43. The van der Waals surface area contributed by atoms with Crippen molar-refractivity contribution in [1.29, 1.82) is 0 Å². The fraction of sp³-hybridized carbons (Fsp3) is 1.00. The van der Waals surface area contributed by atoms with E-state index in [4.69, 9.17) is 4.43 Å². The first-order valence-electron chi connectivity index (χ1n) is 10.0. The zero-order chi connectivity index (χ0) is 17.0. The lowest BCUT2D eigenvalue weighted by Crippen LogP contribution is -2.47. The molecule has 0 aromatic heterocycles. The fourth-order valence-electron chi connectivity index (χ4n) is 4.16. The van der Waals surface area contributed by atoms with Crippen molar-refractivity contribution in [2.75, 3.05) is 6.61 Å². The summed E-state index contributed by atoms with van der Waals surface area (Å²) in [7, 11) is -1.62. The highest BCUT2D eigenvalue weighted by molar-refractivity contribution is 6.77. The molecular formula is C20H44OSi. The van der Waals surface area contributed by atoms with Gasteiger partial charge in [0, 0.05) is 6.61 Å². The van der Waals surface area contributed by atoms with Crippen LogP contribution in [0.5, 0.6) is 0 Å². The molecule has 0 bridgehead atoms. The highest BCUT2D eigenvalue weighted by Crippen LogP contribution is 2.42. The van der Waals surface area contributed by atoms with E-state index in [9.17, 15) is 0 Å². The highest BCUT2D eigenvalue weighted by Gasteiger charge is 2.44. The Kier molecular flexibility index (Phi) is 12.7. The summed E-state index contributed by atoms with van der Waals surface area (Å²) >= 11 is 0. The average molecular weight is 329 g/mol. The molecular weight excluding hydrogens is 284 g/mol. The lowest BCUT2D eigenvalue weighted by Gasteiger charge is -2.42. The third-order valence-corrected chi connectivity index (χ3v) is 11.4. The second-order valence-electron chi connectivity index (χ2n) is 7.99. The van der Waals surface area contributed by atoms with Gasteiger partial charge in [-0.1, -0.05) is 99.8 Å². The first-order valence-corrected chi connectivity index (χ1v) is 12.2. The number of hydrogen-bond donors (Lipinski definition) is 0. The molecule has 0 saturated heterocycles. The normalized spacial score (nSPS) is 12.8. The first-order chi connectivity index (χ1) is 10.4. The van der Waals surface area contributed by atoms with Crippen LogP contribution in [-0.4, -0.2) is 14.9 Å². The molecule has 0 heterocycles. The molecule has 0 rings (SSSR count). The molecule has 0 unspecified atom stereocenters. The maximum absolute atomic E-state index is 6.61. The molecule has 1 nitrogen and oxygen atoms in total. The second-order valence-corrected chi connectivity index (χ2v) is 13.5. The topological polar surface area (TPSA) is 9.23 Å². The van der Waals surface area contributed by atoms with Gasteiger partial charge in [0.15, 0.2) is 8.32 Å². The van der Waals surface area contributed by atoms with E-state index >= 15 is 0 Å². The predicted octanol–water partition coefficient (Wildman–Crippen LogP) is 7.71. The fourth-order valence-corrected chi connectivity index (χ4v) is 9.66. The molecule has 0 saturated carbocycles. The summed E-state index contributed by atoms with van der Waals surface area (Å²) in [5, 5.41) is 0. The lowest BCUT2D eigenvalue weighted by atomic mass is 10.1.